The van der Waals surface area contributed by atoms with Gasteiger partial charge in [-0.15, -0.1) is 0 Å². The molecular weight excluding hydrogens is 881 g/mol. The average Bonchev–Trinajstić information content (AvgIpc) is 4.05. The lowest BCUT2D eigenvalue weighted by Crippen LogP contribution is -2.62. The van der Waals surface area contributed by atoms with E-state index in [1.807, 2.05) is 43.9 Å². The molecule has 2 saturated heterocycles. The average molecular weight is 951 g/mol. The fourth-order valence-corrected chi connectivity index (χ4v) is 9.92. The SMILES string of the molecule is CCn1c(-c2cccnc2[C@H](C)OC)c2c3cc(ccc31)-c1cc(O)cc(c1)C[C@H](NC(=O)C(C(C)C)N(C)C(=O)CN(C)C(=O)[C@H]1CN1CCOC)C(=O)N1CCC[C@H](N1)C(=O)OCC(C)(C)C2. The van der Waals surface area contributed by atoms with Crippen molar-refractivity contribution in [2.24, 2.45) is 11.3 Å². The second-order valence-electron chi connectivity index (χ2n) is 19.9. The van der Waals surface area contributed by atoms with Crippen molar-refractivity contribution < 1.29 is 43.3 Å². The Morgan fingerprint density at radius 3 is 2.54 bits per heavy atom. The molecule has 4 aromatic rings. The van der Waals surface area contributed by atoms with Crippen molar-refractivity contribution in [3.8, 4) is 28.1 Å². The van der Waals surface area contributed by atoms with E-state index in [1.54, 1.807) is 39.6 Å². The van der Waals surface area contributed by atoms with Crippen LogP contribution in [0.4, 0.5) is 0 Å². The number of hydrogen-bond donors (Lipinski definition) is 3. The number of fused-ring (bicyclic) bond motifs is 6. The number of pyridine rings is 1. The number of rotatable bonds is 14. The molecule has 17 heteroatoms. The Labute approximate surface area is 405 Å². The van der Waals surface area contributed by atoms with Crippen molar-refractivity contribution in [2.75, 3.05) is 67.7 Å². The van der Waals surface area contributed by atoms with Crippen LogP contribution in [0.25, 0.3) is 33.3 Å². The third kappa shape index (κ3) is 11.3. The monoisotopic (exact) mass is 951 g/mol. The number of ether oxygens (including phenoxy) is 3. The molecule has 2 unspecified atom stereocenters. The van der Waals surface area contributed by atoms with Crippen molar-refractivity contribution in [1.82, 2.24) is 40.0 Å². The largest absolute Gasteiger partial charge is 0.508 e. The minimum atomic E-state index is -1.19. The van der Waals surface area contributed by atoms with Gasteiger partial charge in [-0.05, 0) is 97.7 Å². The van der Waals surface area contributed by atoms with Crippen LogP contribution in [0.2, 0.25) is 0 Å². The smallest absolute Gasteiger partial charge is 0.324 e. The summed E-state index contributed by atoms with van der Waals surface area (Å²) >= 11 is 0. The molecule has 17 nitrogen and oxygen atoms in total. The maximum Gasteiger partial charge on any atom is 0.324 e. The fraction of sp³-hybridized carbons (Fsp3) is 0.538. The number of aromatic hydroxyl groups is 1. The number of methoxy groups -OCH3 is 2. The molecule has 0 spiro atoms. The Hall–Kier alpha value is -5.88. The number of aromatic nitrogens is 2. The van der Waals surface area contributed by atoms with Crippen LogP contribution in [0, 0.1) is 11.3 Å². The number of carbonyl (C=O) groups excluding carboxylic acids is 5. The highest BCUT2D eigenvalue weighted by Gasteiger charge is 2.43. The Morgan fingerprint density at radius 2 is 1.83 bits per heavy atom. The van der Waals surface area contributed by atoms with Gasteiger partial charge >= 0.3 is 5.97 Å². The van der Waals surface area contributed by atoms with Gasteiger partial charge in [0.2, 0.25) is 17.7 Å². The molecular formula is C52H70N8O9. The second kappa shape index (κ2) is 21.4. The quantitative estimate of drug-likeness (QED) is 0.117. The molecule has 5 heterocycles. The first-order chi connectivity index (χ1) is 32.9. The number of esters is 1. The third-order valence-electron chi connectivity index (χ3n) is 13.7. The summed E-state index contributed by atoms with van der Waals surface area (Å²) in [6, 6.07) is 12.1. The number of hydrazine groups is 1. The van der Waals surface area contributed by atoms with E-state index in [9.17, 15) is 29.1 Å². The van der Waals surface area contributed by atoms with Crippen molar-refractivity contribution in [3.63, 3.8) is 0 Å². The number of likely N-dealkylation sites (N-methyl/N-ethyl adjacent to an activating group) is 2. The molecule has 0 saturated carbocycles. The van der Waals surface area contributed by atoms with Crippen LogP contribution >= 0.6 is 0 Å². The Kier molecular flexibility index (Phi) is 15.8. The first-order valence-corrected chi connectivity index (χ1v) is 24.1. The van der Waals surface area contributed by atoms with E-state index in [-0.39, 0.29) is 55.8 Å². The first-order valence-electron chi connectivity index (χ1n) is 24.1. The maximum absolute atomic E-state index is 14.7. The number of aryl methyl sites for hydroxylation is 1. The molecule has 2 fully saturated rings. The minimum absolute atomic E-state index is 0.0211. The van der Waals surface area contributed by atoms with Crippen LogP contribution < -0.4 is 10.7 Å². The summed E-state index contributed by atoms with van der Waals surface area (Å²) in [5.74, 6) is -2.58. The number of cyclic esters (lactones) is 1. The summed E-state index contributed by atoms with van der Waals surface area (Å²) in [5.41, 5.74) is 9.47. The van der Waals surface area contributed by atoms with Crippen LogP contribution in [0.5, 0.6) is 5.75 Å². The minimum Gasteiger partial charge on any atom is -0.508 e. The topological polar surface area (TPSA) is 188 Å². The standard InChI is InChI=1S/C52H70N8O9/c1-11-59-42-17-16-34-26-38(42)39(47(59)37-14-12-18-53-45(37)32(4)68-10)27-52(5,6)30-69-51(66)40-15-13-19-60(55-40)49(64)41(24-33-22-35(34)25-36(61)23-33)54-48(63)46(31(2)3)57(8)44(62)29-56(7)50(65)43-28-58(43)20-21-67-9/h12,14,16-18,22-23,25-26,31-32,40-41,43,46,55,61H,11,13,15,19-21,24,27-30H2,1-10H3,(H,54,63)/t32-,40-,41-,43+,46?,58?/m0/s1. The second-order valence-corrected chi connectivity index (χ2v) is 19.9. The summed E-state index contributed by atoms with van der Waals surface area (Å²) < 4.78 is 19.3. The van der Waals surface area contributed by atoms with Gasteiger partial charge in [0.05, 0.1) is 37.3 Å². The molecule has 6 atom stereocenters. The number of phenols is 1. The van der Waals surface area contributed by atoms with Crippen molar-refractivity contribution >= 4 is 40.5 Å². The summed E-state index contributed by atoms with van der Waals surface area (Å²) in [7, 11) is 6.37. The van der Waals surface area contributed by atoms with Crippen LogP contribution in [-0.2, 0) is 57.6 Å². The van der Waals surface area contributed by atoms with Gasteiger partial charge in [0, 0.05) is 89.0 Å². The van der Waals surface area contributed by atoms with Gasteiger partial charge in [0.15, 0.2) is 0 Å². The summed E-state index contributed by atoms with van der Waals surface area (Å²) in [5, 5.41) is 16.7. The lowest BCUT2D eigenvalue weighted by atomic mass is 9.84. The predicted molar refractivity (Wildman–Crippen MR) is 262 cm³/mol. The van der Waals surface area contributed by atoms with Crippen molar-refractivity contribution in [1.29, 1.82) is 0 Å². The number of hydrogen-bond acceptors (Lipinski definition) is 12. The van der Waals surface area contributed by atoms with Crippen LogP contribution in [0.15, 0.2) is 54.7 Å². The van der Waals surface area contributed by atoms with Gasteiger partial charge in [-0.3, -0.25) is 38.9 Å². The number of amides is 4. The molecule has 2 aromatic carbocycles. The van der Waals surface area contributed by atoms with Crippen LogP contribution in [0.3, 0.4) is 0 Å². The predicted octanol–water partition coefficient (Wildman–Crippen LogP) is 4.72. The number of carbonyl (C=O) groups is 5. The van der Waals surface area contributed by atoms with Crippen molar-refractivity contribution in [2.45, 2.75) is 104 Å². The molecule has 3 N–H and O–H groups in total. The summed E-state index contributed by atoms with van der Waals surface area (Å²) in [6.45, 7) is 14.3. The normalized spacial score (nSPS) is 21.3. The van der Waals surface area contributed by atoms with Gasteiger partial charge < -0.3 is 39.0 Å². The molecule has 2 aromatic heterocycles. The van der Waals surface area contributed by atoms with Crippen LogP contribution in [0.1, 0.15) is 77.3 Å². The van der Waals surface area contributed by atoms with E-state index >= 15 is 0 Å². The third-order valence-corrected chi connectivity index (χ3v) is 13.7. The van der Waals surface area contributed by atoms with Gasteiger partial charge in [-0.25, -0.2) is 5.43 Å². The van der Waals surface area contributed by atoms with Gasteiger partial charge in [-0.2, -0.15) is 0 Å². The summed E-state index contributed by atoms with van der Waals surface area (Å²) in [6.07, 6.45) is 2.92. The van der Waals surface area contributed by atoms with E-state index in [4.69, 9.17) is 19.2 Å². The number of benzene rings is 2. The molecule has 7 rings (SSSR count). The van der Waals surface area contributed by atoms with E-state index < -0.39 is 47.2 Å². The first kappa shape index (κ1) is 51.0. The Balaban J connectivity index is 1.26. The molecule has 372 valence electrons. The lowest BCUT2D eigenvalue weighted by molar-refractivity contribution is -0.155. The number of nitrogens with zero attached hydrogens (tertiary/aromatic N) is 6. The Bertz CT molecular complexity index is 2560. The highest BCUT2D eigenvalue weighted by Crippen LogP contribution is 2.42. The van der Waals surface area contributed by atoms with E-state index in [2.05, 4.69) is 54.3 Å². The van der Waals surface area contributed by atoms with Gasteiger partial charge in [0.25, 0.3) is 5.91 Å². The van der Waals surface area contributed by atoms with Gasteiger partial charge in [-0.1, -0.05) is 39.8 Å². The molecule has 6 bridgehead atoms. The number of nitrogens with one attached hydrogen (secondary N) is 2. The zero-order chi connectivity index (χ0) is 49.9. The molecule has 0 aliphatic carbocycles. The van der Waals surface area contributed by atoms with Gasteiger partial charge in [0.1, 0.15) is 29.9 Å². The highest BCUT2D eigenvalue weighted by atomic mass is 16.5. The number of phenolic OH excluding ortho intramolecular Hbond substituents is 1. The molecule has 0 radical (unpaired) electrons. The van der Waals surface area contributed by atoms with E-state index in [0.29, 0.717) is 56.6 Å². The zero-order valence-electron chi connectivity index (χ0n) is 41.8. The maximum atomic E-state index is 14.7. The fourth-order valence-electron chi connectivity index (χ4n) is 9.92. The van der Waals surface area contributed by atoms with Crippen molar-refractivity contribution in [3.05, 3.63) is 71.5 Å². The van der Waals surface area contributed by atoms with E-state index in [0.717, 1.165) is 39.0 Å². The molecule has 3 aliphatic rings. The molecule has 4 amide bonds. The van der Waals surface area contributed by atoms with Crippen LogP contribution in [-0.4, -0.2) is 156 Å². The molecule has 3 aliphatic heterocycles. The lowest BCUT2D eigenvalue weighted by Gasteiger charge is -2.37. The zero-order valence-corrected chi connectivity index (χ0v) is 41.8. The Morgan fingerprint density at radius 1 is 1.06 bits per heavy atom. The highest BCUT2D eigenvalue weighted by molar-refractivity contribution is 5.96. The summed E-state index contributed by atoms with van der Waals surface area (Å²) in [4.78, 5) is 79.7. The van der Waals surface area contributed by atoms with E-state index in [1.165, 1.54) is 21.9 Å². The molecule has 69 heavy (non-hydrogen) atoms.